The van der Waals surface area contributed by atoms with Crippen molar-refractivity contribution in [2.75, 3.05) is 5.75 Å². The summed E-state index contributed by atoms with van der Waals surface area (Å²) in [5.74, 6) is 1.45. The highest BCUT2D eigenvalue weighted by molar-refractivity contribution is 7.99. The van der Waals surface area contributed by atoms with Crippen molar-refractivity contribution in [2.45, 2.75) is 38.6 Å². The highest BCUT2D eigenvalue weighted by Gasteiger charge is 2.15. The summed E-state index contributed by atoms with van der Waals surface area (Å²) >= 11 is 7.44. The first-order chi connectivity index (χ1) is 14.3. The summed E-state index contributed by atoms with van der Waals surface area (Å²) < 4.78 is 7.54. The van der Waals surface area contributed by atoms with E-state index >= 15 is 0 Å². The number of carbonyl (C=O) groups excluding carboxylic acids is 1. The van der Waals surface area contributed by atoms with Crippen LogP contribution < -0.4 is 10.1 Å². The van der Waals surface area contributed by atoms with Gasteiger partial charge in [-0.15, -0.1) is 10.2 Å². The Morgan fingerprint density at radius 3 is 2.70 bits per heavy atom. The average molecular weight is 445 g/mol. The van der Waals surface area contributed by atoms with Gasteiger partial charge < -0.3 is 14.6 Å². The maximum atomic E-state index is 12.4. The Bertz CT molecular complexity index is 1040. The van der Waals surface area contributed by atoms with Gasteiger partial charge in [0.15, 0.2) is 11.0 Å². The van der Waals surface area contributed by atoms with Crippen LogP contribution in [0.4, 0.5) is 0 Å². The lowest BCUT2D eigenvalue weighted by Crippen LogP contribution is -2.28. The van der Waals surface area contributed by atoms with Crippen molar-refractivity contribution < 1.29 is 9.53 Å². The molecule has 0 bridgehead atoms. The largest absolute Gasteiger partial charge is 0.484 e. The van der Waals surface area contributed by atoms with E-state index < -0.39 is 0 Å². The van der Waals surface area contributed by atoms with E-state index in [1.165, 1.54) is 22.9 Å². The number of aryl methyl sites for hydroxylation is 2. The first-order valence-corrected chi connectivity index (χ1v) is 11.0. The molecule has 0 aliphatic carbocycles. The summed E-state index contributed by atoms with van der Waals surface area (Å²) in [5.41, 5.74) is 3.55. The Hall–Kier alpha value is -2.51. The number of amides is 1. The van der Waals surface area contributed by atoms with Crippen LogP contribution in [0.1, 0.15) is 35.5 Å². The number of para-hydroxylation sites is 1. The van der Waals surface area contributed by atoms with Gasteiger partial charge in [0.1, 0.15) is 12.4 Å². The Labute approximate surface area is 186 Å². The molecule has 0 saturated heterocycles. The summed E-state index contributed by atoms with van der Waals surface area (Å²) in [6.07, 6.45) is 0. The van der Waals surface area contributed by atoms with Gasteiger partial charge in [-0.25, -0.2) is 0 Å². The van der Waals surface area contributed by atoms with Gasteiger partial charge in [0, 0.05) is 7.05 Å². The van der Waals surface area contributed by atoms with E-state index in [1.54, 1.807) is 12.1 Å². The second-order valence-electron chi connectivity index (χ2n) is 7.10. The van der Waals surface area contributed by atoms with Crippen molar-refractivity contribution in [2.24, 2.45) is 7.05 Å². The Morgan fingerprint density at radius 1 is 1.20 bits per heavy atom. The van der Waals surface area contributed by atoms with Gasteiger partial charge in [-0.1, -0.05) is 53.7 Å². The lowest BCUT2D eigenvalue weighted by Gasteiger charge is -2.15. The number of aromatic nitrogens is 3. The summed E-state index contributed by atoms with van der Waals surface area (Å²) in [5, 5.41) is 12.6. The van der Waals surface area contributed by atoms with Gasteiger partial charge in [-0.2, -0.15) is 0 Å². The molecule has 0 radical (unpaired) electrons. The standard InChI is InChI=1S/C22H25ClN4O2S/c1-14-9-10-17(11-15(14)2)16(3)24-21(28)13-30-22-26-25-20(27(22)4)12-29-19-8-6-5-7-18(19)23/h5-11,16H,12-13H2,1-4H3,(H,24,28). The molecule has 2 aromatic carbocycles. The first kappa shape index (κ1) is 22.2. The molecular formula is C22H25ClN4O2S. The monoisotopic (exact) mass is 444 g/mol. The minimum absolute atomic E-state index is 0.0532. The number of nitrogens with one attached hydrogen (secondary N) is 1. The van der Waals surface area contributed by atoms with Gasteiger partial charge in [0.25, 0.3) is 0 Å². The third kappa shape index (κ3) is 5.55. The molecule has 0 saturated carbocycles. The van der Waals surface area contributed by atoms with E-state index in [9.17, 15) is 4.79 Å². The van der Waals surface area contributed by atoms with E-state index in [0.717, 1.165) is 5.56 Å². The van der Waals surface area contributed by atoms with Crippen LogP contribution in [0.15, 0.2) is 47.6 Å². The van der Waals surface area contributed by atoms with Crippen LogP contribution in [0.3, 0.4) is 0 Å². The molecule has 6 nitrogen and oxygen atoms in total. The Kier molecular flexibility index (Phi) is 7.39. The number of hydrogen-bond acceptors (Lipinski definition) is 5. The molecule has 3 rings (SSSR count). The molecular weight excluding hydrogens is 420 g/mol. The van der Waals surface area contributed by atoms with E-state index in [-0.39, 0.29) is 24.3 Å². The smallest absolute Gasteiger partial charge is 0.230 e. The maximum Gasteiger partial charge on any atom is 0.230 e. The molecule has 1 amide bonds. The fraction of sp³-hybridized carbons (Fsp3) is 0.318. The van der Waals surface area contributed by atoms with Crippen molar-refractivity contribution in [3.63, 3.8) is 0 Å². The Balaban J connectivity index is 1.52. The third-order valence-corrected chi connectivity index (χ3v) is 6.19. The van der Waals surface area contributed by atoms with Crippen LogP contribution in [-0.4, -0.2) is 26.4 Å². The van der Waals surface area contributed by atoms with Gasteiger partial charge in [0.2, 0.25) is 5.91 Å². The van der Waals surface area contributed by atoms with Crippen LogP contribution in [0.2, 0.25) is 5.02 Å². The van der Waals surface area contributed by atoms with E-state index in [4.69, 9.17) is 16.3 Å². The maximum absolute atomic E-state index is 12.4. The van der Waals surface area contributed by atoms with Crippen molar-refractivity contribution >= 4 is 29.3 Å². The molecule has 1 N–H and O–H groups in total. The van der Waals surface area contributed by atoms with Gasteiger partial charge >= 0.3 is 0 Å². The highest BCUT2D eigenvalue weighted by Crippen LogP contribution is 2.24. The van der Waals surface area contributed by atoms with Crippen LogP contribution in [0.25, 0.3) is 0 Å². The fourth-order valence-electron chi connectivity index (χ4n) is 2.83. The van der Waals surface area contributed by atoms with Gasteiger partial charge in [0.05, 0.1) is 16.8 Å². The number of rotatable bonds is 8. The average Bonchev–Trinajstić information content (AvgIpc) is 3.07. The van der Waals surface area contributed by atoms with Gasteiger partial charge in [-0.05, 0) is 49.6 Å². The summed E-state index contributed by atoms with van der Waals surface area (Å²) in [6.45, 7) is 6.38. The number of ether oxygens (including phenoxy) is 1. The zero-order valence-electron chi connectivity index (χ0n) is 17.5. The number of halogens is 1. The van der Waals surface area contributed by atoms with Crippen LogP contribution >= 0.6 is 23.4 Å². The van der Waals surface area contributed by atoms with E-state index in [0.29, 0.717) is 21.8 Å². The number of hydrogen-bond donors (Lipinski definition) is 1. The second-order valence-corrected chi connectivity index (χ2v) is 8.45. The molecule has 3 aromatic rings. The van der Waals surface area contributed by atoms with Gasteiger partial charge in [-0.3, -0.25) is 4.79 Å². The number of benzene rings is 2. The first-order valence-electron chi connectivity index (χ1n) is 9.60. The molecule has 0 fully saturated rings. The van der Waals surface area contributed by atoms with Crippen LogP contribution in [-0.2, 0) is 18.4 Å². The molecule has 0 aliphatic heterocycles. The SMILES string of the molecule is Cc1ccc(C(C)NC(=O)CSc2nnc(COc3ccccc3Cl)n2C)cc1C. The molecule has 0 spiro atoms. The predicted molar refractivity (Wildman–Crippen MR) is 120 cm³/mol. The second kappa shape index (κ2) is 10.00. The zero-order chi connectivity index (χ0) is 21.7. The third-order valence-electron chi connectivity index (χ3n) is 4.86. The van der Waals surface area contributed by atoms with Crippen molar-refractivity contribution in [3.8, 4) is 5.75 Å². The van der Waals surface area contributed by atoms with Crippen LogP contribution in [0.5, 0.6) is 5.75 Å². The topological polar surface area (TPSA) is 69.0 Å². The molecule has 30 heavy (non-hydrogen) atoms. The molecule has 1 atom stereocenters. The minimum Gasteiger partial charge on any atom is -0.484 e. The molecule has 158 valence electrons. The number of thioether (sulfide) groups is 1. The Morgan fingerprint density at radius 2 is 1.97 bits per heavy atom. The summed E-state index contributed by atoms with van der Waals surface area (Å²) in [6, 6.07) is 13.5. The van der Waals surface area contributed by atoms with Crippen LogP contribution in [0, 0.1) is 13.8 Å². The van der Waals surface area contributed by atoms with E-state index in [1.807, 2.05) is 36.7 Å². The van der Waals surface area contributed by atoms with Crippen molar-refractivity contribution in [3.05, 3.63) is 70.0 Å². The number of carbonyl (C=O) groups is 1. The van der Waals surface area contributed by atoms with E-state index in [2.05, 4.69) is 41.5 Å². The molecule has 0 aliphatic rings. The zero-order valence-corrected chi connectivity index (χ0v) is 19.0. The quantitative estimate of drug-likeness (QED) is 0.513. The van der Waals surface area contributed by atoms with Crippen molar-refractivity contribution in [1.29, 1.82) is 0 Å². The molecule has 1 aromatic heterocycles. The van der Waals surface area contributed by atoms with Crippen molar-refractivity contribution in [1.82, 2.24) is 20.1 Å². The summed E-state index contributed by atoms with van der Waals surface area (Å²) in [4.78, 5) is 12.4. The predicted octanol–water partition coefficient (Wildman–Crippen LogP) is 4.63. The lowest BCUT2D eigenvalue weighted by molar-refractivity contribution is -0.119. The fourth-order valence-corrected chi connectivity index (χ4v) is 3.76. The number of nitrogens with zero attached hydrogens (tertiary/aromatic N) is 3. The lowest BCUT2D eigenvalue weighted by atomic mass is 10.0. The molecule has 8 heteroatoms. The highest BCUT2D eigenvalue weighted by atomic mass is 35.5. The molecule has 1 unspecified atom stereocenters. The normalized spacial score (nSPS) is 11.9. The molecule has 1 heterocycles. The minimum atomic E-state index is -0.0588. The summed E-state index contributed by atoms with van der Waals surface area (Å²) in [7, 11) is 1.85.